The largest absolute Gasteiger partial charge is 0.362 e. The molecule has 0 fully saturated rings. The number of halogens is 1. The number of hydrogen-bond acceptors (Lipinski definition) is 2. The highest BCUT2D eigenvalue weighted by atomic mass is 79.9. The summed E-state index contributed by atoms with van der Waals surface area (Å²) < 4.78 is 1.11. The van der Waals surface area contributed by atoms with E-state index in [1.165, 1.54) is 16.0 Å². The van der Waals surface area contributed by atoms with Crippen LogP contribution in [0.15, 0.2) is 51.8 Å². The highest BCUT2D eigenvalue weighted by molar-refractivity contribution is 9.10. The Morgan fingerprint density at radius 2 is 1.87 bits per heavy atom. The summed E-state index contributed by atoms with van der Waals surface area (Å²) >= 11 is 10.7. The fourth-order valence-electron chi connectivity index (χ4n) is 2.00. The summed E-state index contributed by atoms with van der Waals surface area (Å²) in [6, 6.07) is 14.8. The Labute approximate surface area is 156 Å². The van der Waals surface area contributed by atoms with Crippen molar-refractivity contribution >= 4 is 50.7 Å². The molecule has 2 rings (SSSR count). The average Bonchev–Trinajstić information content (AvgIpc) is 2.52. The Morgan fingerprint density at radius 3 is 2.57 bits per heavy atom. The van der Waals surface area contributed by atoms with Gasteiger partial charge in [-0.25, -0.2) is 0 Å². The second-order valence-corrected chi connectivity index (χ2v) is 7.79. The predicted octanol–water partition coefficient (Wildman–Crippen LogP) is 5.53. The van der Waals surface area contributed by atoms with E-state index in [2.05, 4.69) is 70.7 Å². The topological polar surface area (TPSA) is 24.1 Å². The van der Waals surface area contributed by atoms with Crippen molar-refractivity contribution in [2.75, 3.05) is 17.6 Å². The highest BCUT2D eigenvalue weighted by Gasteiger charge is 2.00. The van der Waals surface area contributed by atoms with Crippen molar-refractivity contribution in [1.29, 1.82) is 0 Å². The molecule has 0 atom stereocenters. The van der Waals surface area contributed by atoms with Gasteiger partial charge in [-0.15, -0.1) is 11.8 Å². The van der Waals surface area contributed by atoms with Gasteiger partial charge in [0, 0.05) is 21.6 Å². The van der Waals surface area contributed by atoms with E-state index in [1.807, 2.05) is 23.9 Å². The number of hydrogen-bond donors (Lipinski definition) is 2. The van der Waals surface area contributed by atoms with Gasteiger partial charge in [0.1, 0.15) is 0 Å². The molecule has 0 heterocycles. The maximum Gasteiger partial charge on any atom is 0.170 e. The summed E-state index contributed by atoms with van der Waals surface area (Å²) in [5.41, 5.74) is 3.50. The molecule has 2 nitrogen and oxygen atoms in total. The van der Waals surface area contributed by atoms with Crippen molar-refractivity contribution < 1.29 is 0 Å². The van der Waals surface area contributed by atoms with Crippen LogP contribution in [0.4, 0.5) is 5.69 Å². The normalized spacial score (nSPS) is 10.4. The van der Waals surface area contributed by atoms with Crippen LogP contribution in [-0.4, -0.2) is 17.4 Å². The smallest absolute Gasteiger partial charge is 0.170 e. The van der Waals surface area contributed by atoms with Crippen LogP contribution >= 0.6 is 39.9 Å². The first-order valence-electron chi connectivity index (χ1n) is 7.55. The minimum Gasteiger partial charge on any atom is -0.362 e. The van der Waals surface area contributed by atoms with Crippen LogP contribution < -0.4 is 10.6 Å². The third-order valence-electron chi connectivity index (χ3n) is 3.31. The lowest BCUT2D eigenvalue weighted by molar-refractivity contribution is 0.854. The van der Waals surface area contributed by atoms with Crippen LogP contribution in [0.1, 0.15) is 17.5 Å². The molecule has 2 aromatic rings. The van der Waals surface area contributed by atoms with Gasteiger partial charge in [-0.2, -0.15) is 0 Å². The van der Waals surface area contributed by atoms with Crippen molar-refractivity contribution in [3.8, 4) is 0 Å². The van der Waals surface area contributed by atoms with Crippen LogP contribution in [0.5, 0.6) is 0 Å². The van der Waals surface area contributed by atoms with Gasteiger partial charge in [0.15, 0.2) is 5.11 Å². The number of thiocarbonyl (C=S) groups is 1. The van der Waals surface area contributed by atoms with Crippen LogP contribution in [0.3, 0.4) is 0 Å². The number of benzene rings is 2. The van der Waals surface area contributed by atoms with Crippen molar-refractivity contribution in [1.82, 2.24) is 5.32 Å². The molecule has 0 saturated carbocycles. The maximum absolute atomic E-state index is 5.33. The highest BCUT2D eigenvalue weighted by Crippen LogP contribution is 2.20. The van der Waals surface area contributed by atoms with E-state index < -0.39 is 0 Å². The zero-order chi connectivity index (χ0) is 16.7. The van der Waals surface area contributed by atoms with Gasteiger partial charge < -0.3 is 10.6 Å². The Bertz CT molecular complexity index is 657. The van der Waals surface area contributed by atoms with E-state index >= 15 is 0 Å². The molecular formula is C18H21BrN2S2. The molecule has 0 aliphatic rings. The van der Waals surface area contributed by atoms with Gasteiger partial charge in [-0.1, -0.05) is 33.6 Å². The van der Waals surface area contributed by atoms with Crippen molar-refractivity contribution in [2.24, 2.45) is 0 Å². The van der Waals surface area contributed by atoms with Crippen LogP contribution in [-0.2, 0) is 0 Å². The van der Waals surface area contributed by atoms with Gasteiger partial charge in [-0.3, -0.25) is 0 Å². The predicted molar refractivity (Wildman–Crippen MR) is 110 cm³/mol. The molecule has 0 saturated heterocycles. The lowest BCUT2D eigenvalue weighted by Gasteiger charge is -2.11. The number of nitrogens with one attached hydrogen (secondary N) is 2. The molecule has 0 radical (unpaired) electrons. The van der Waals surface area contributed by atoms with Gasteiger partial charge in [0.2, 0.25) is 0 Å². The lowest BCUT2D eigenvalue weighted by Crippen LogP contribution is -2.29. The molecule has 23 heavy (non-hydrogen) atoms. The number of aryl methyl sites for hydroxylation is 2. The van der Waals surface area contributed by atoms with E-state index in [0.717, 1.165) is 28.9 Å². The fourth-order valence-corrected chi connectivity index (χ4v) is 3.32. The second-order valence-electron chi connectivity index (χ2n) is 5.36. The maximum atomic E-state index is 5.33. The van der Waals surface area contributed by atoms with Crippen LogP contribution in [0, 0.1) is 13.8 Å². The molecular weight excluding hydrogens is 388 g/mol. The summed E-state index contributed by atoms with van der Waals surface area (Å²) in [5.74, 6) is 1.08. The third kappa shape index (κ3) is 6.53. The standard InChI is InChI=1S/C18H21BrN2S2/c1-13-4-7-16(8-5-13)23-11-3-10-20-18(22)21-15-6-9-17(19)14(2)12-15/h4-9,12H,3,10-11H2,1-2H3,(H2,20,21,22). The first-order valence-corrected chi connectivity index (χ1v) is 9.74. The molecule has 2 N–H and O–H groups in total. The molecule has 0 unspecified atom stereocenters. The van der Waals surface area contributed by atoms with Gasteiger partial charge in [-0.05, 0) is 74.1 Å². The number of rotatable bonds is 6. The molecule has 0 spiro atoms. The van der Waals surface area contributed by atoms with Crippen molar-refractivity contribution in [2.45, 2.75) is 25.2 Å². The van der Waals surface area contributed by atoms with Gasteiger partial charge in [0.05, 0.1) is 0 Å². The minimum absolute atomic E-state index is 0.673. The lowest BCUT2D eigenvalue weighted by atomic mass is 10.2. The van der Waals surface area contributed by atoms with Crippen LogP contribution in [0.25, 0.3) is 0 Å². The second kappa shape index (κ2) is 9.30. The Balaban J connectivity index is 1.64. The van der Waals surface area contributed by atoms with Crippen molar-refractivity contribution in [3.63, 3.8) is 0 Å². The molecule has 0 aromatic heterocycles. The Hall–Kier alpha value is -1.04. The summed E-state index contributed by atoms with van der Waals surface area (Å²) in [6.45, 7) is 5.05. The van der Waals surface area contributed by atoms with E-state index in [1.54, 1.807) is 0 Å². The zero-order valence-corrected chi connectivity index (χ0v) is 16.6. The molecule has 5 heteroatoms. The zero-order valence-electron chi connectivity index (χ0n) is 13.4. The fraction of sp³-hybridized carbons (Fsp3) is 0.278. The van der Waals surface area contributed by atoms with E-state index in [9.17, 15) is 0 Å². The molecule has 0 aliphatic heterocycles. The summed E-state index contributed by atoms with van der Waals surface area (Å²) in [4.78, 5) is 1.32. The Kier molecular flexibility index (Phi) is 7.40. The van der Waals surface area contributed by atoms with E-state index in [4.69, 9.17) is 12.2 Å². The Morgan fingerprint density at radius 1 is 1.13 bits per heavy atom. The molecule has 0 aliphatic carbocycles. The molecule has 2 aromatic carbocycles. The van der Waals surface area contributed by atoms with E-state index in [-0.39, 0.29) is 0 Å². The van der Waals surface area contributed by atoms with Crippen molar-refractivity contribution in [3.05, 3.63) is 58.1 Å². The summed E-state index contributed by atoms with van der Waals surface area (Å²) in [6.07, 6.45) is 1.07. The molecule has 0 amide bonds. The first kappa shape index (κ1) is 18.3. The third-order valence-corrected chi connectivity index (χ3v) is 5.55. The minimum atomic E-state index is 0.673. The average molecular weight is 409 g/mol. The molecule has 122 valence electrons. The first-order chi connectivity index (χ1) is 11.0. The summed E-state index contributed by atoms with van der Waals surface area (Å²) in [5, 5.41) is 7.15. The quantitative estimate of drug-likeness (QED) is 0.372. The SMILES string of the molecule is Cc1ccc(SCCCNC(=S)Nc2ccc(Br)c(C)c2)cc1. The van der Waals surface area contributed by atoms with Crippen LogP contribution in [0.2, 0.25) is 0 Å². The van der Waals surface area contributed by atoms with Gasteiger partial charge in [0.25, 0.3) is 0 Å². The van der Waals surface area contributed by atoms with Gasteiger partial charge >= 0.3 is 0 Å². The monoisotopic (exact) mass is 408 g/mol. The number of anilines is 1. The van der Waals surface area contributed by atoms with E-state index in [0.29, 0.717) is 5.11 Å². The summed E-state index contributed by atoms with van der Waals surface area (Å²) in [7, 11) is 0. The number of thioether (sulfide) groups is 1. The molecule has 0 bridgehead atoms.